The Bertz CT molecular complexity index is 1560. The molecule has 0 radical (unpaired) electrons. The van der Waals surface area contributed by atoms with Crippen molar-refractivity contribution in [3.8, 4) is 28.4 Å². The highest BCUT2D eigenvalue weighted by molar-refractivity contribution is 6.30. The number of hydrogen-bond donors (Lipinski definition) is 1. The van der Waals surface area contributed by atoms with E-state index < -0.39 is 36.9 Å². The fourth-order valence-electron chi connectivity index (χ4n) is 4.37. The Hall–Kier alpha value is -4.03. The lowest BCUT2D eigenvalue weighted by molar-refractivity contribution is -0.233. The van der Waals surface area contributed by atoms with E-state index in [9.17, 15) is 18.4 Å². The van der Waals surface area contributed by atoms with Crippen molar-refractivity contribution in [3.63, 3.8) is 0 Å². The van der Waals surface area contributed by atoms with Crippen LogP contribution in [-0.4, -0.2) is 56.9 Å². The highest BCUT2D eigenvalue weighted by Gasteiger charge is 2.60. The van der Waals surface area contributed by atoms with E-state index in [4.69, 9.17) is 31.5 Å². The van der Waals surface area contributed by atoms with Crippen LogP contribution in [0.25, 0.3) is 22.5 Å². The number of benzene rings is 1. The molecule has 0 amide bonds. The minimum absolute atomic E-state index is 0.218. The van der Waals surface area contributed by atoms with Gasteiger partial charge in [-0.25, -0.2) is 13.3 Å². The zero-order valence-corrected chi connectivity index (χ0v) is 20.8. The van der Waals surface area contributed by atoms with E-state index in [2.05, 4.69) is 10.1 Å². The van der Waals surface area contributed by atoms with Gasteiger partial charge in [-0.3, -0.25) is 19.1 Å². The molecule has 3 heterocycles. The molecule has 2 N–H and O–H groups in total. The van der Waals surface area contributed by atoms with E-state index in [0.717, 1.165) is 0 Å². The number of halogens is 3. The molecular formula is C25H22ClF2N5O5. The number of pyridine rings is 1. The molecule has 1 saturated carbocycles. The van der Waals surface area contributed by atoms with Crippen LogP contribution in [0.1, 0.15) is 12.8 Å². The number of rotatable bonds is 8. The third kappa shape index (κ3) is 4.92. The Balaban J connectivity index is 1.40. The van der Waals surface area contributed by atoms with Crippen molar-refractivity contribution < 1.29 is 27.8 Å². The lowest BCUT2D eigenvalue weighted by Crippen LogP contribution is -2.58. The summed E-state index contributed by atoms with van der Waals surface area (Å²) in [6.45, 7) is -0.749. The zero-order chi connectivity index (χ0) is 27.1. The molecule has 0 unspecified atom stereocenters. The summed E-state index contributed by atoms with van der Waals surface area (Å²) < 4.78 is 46.3. The van der Waals surface area contributed by atoms with Crippen LogP contribution >= 0.6 is 11.6 Å². The maximum Gasteiger partial charge on any atom is 0.320 e. The number of methoxy groups -OCH3 is 1. The topological polar surface area (TPSA) is 123 Å². The predicted octanol–water partition coefficient (Wildman–Crippen LogP) is 3.26. The van der Waals surface area contributed by atoms with Gasteiger partial charge in [-0.2, -0.15) is 5.10 Å². The molecule has 0 aliphatic heterocycles. The van der Waals surface area contributed by atoms with Crippen LogP contribution in [0.15, 0.2) is 59.9 Å². The Morgan fingerprint density at radius 1 is 1.18 bits per heavy atom. The van der Waals surface area contributed by atoms with Gasteiger partial charge in [-0.1, -0.05) is 11.6 Å². The zero-order valence-electron chi connectivity index (χ0n) is 20.1. The van der Waals surface area contributed by atoms with Crippen molar-refractivity contribution in [1.29, 1.82) is 0 Å². The predicted molar refractivity (Wildman–Crippen MR) is 133 cm³/mol. The van der Waals surface area contributed by atoms with E-state index in [-0.39, 0.29) is 23.7 Å². The first kappa shape index (κ1) is 25.6. The summed E-state index contributed by atoms with van der Waals surface area (Å²) in [6.07, 6.45) is 3.23. The monoisotopic (exact) mass is 545 g/mol. The first-order chi connectivity index (χ1) is 18.1. The molecule has 3 aromatic heterocycles. The van der Waals surface area contributed by atoms with Gasteiger partial charge in [0.2, 0.25) is 0 Å². The van der Waals surface area contributed by atoms with Crippen molar-refractivity contribution in [2.45, 2.75) is 24.4 Å². The summed E-state index contributed by atoms with van der Waals surface area (Å²) in [5.41, 5.74) is 5.50. The maximum absolute atomic E-state index is 13.6. The number of nitrogens with two attached hydrogens (primary N) is 1. The molecule has 0 spiro atoms. The van der Waals surface area contributed by atoms with E-state index in [1.165, 1.54) is 34.8 Å². The number of carbonyl (C=O) groups is 1. The van der Waals surface area contributed by atoms with Crippen molar-refractivity contribution >= 4 is 23.1 Å². The molecule has 0 bridgehead atoms. The van der Waals surface area contributed by atoms with E-state index in [1.807, 2.05) is 0 Å². The number of carbonyl (C=O) groups excluding carboxylic acids is 1. The Kier molecular flexibility index (Phi) is 6.53. The van der Waals surface area contributed by atoms with Crippen LogP contribution in [0.4, 0.5) is 8.78 Å². The van der Waals surface area contributed by atoms with Gasteiger partial charge in [-0.15, -0.1) is 0 Å². The number of alkyl halides is 2. The average Bonchev–Trinajstić information content (AvgIpc) is 3.32. The molecule has 1 fully saturated rings. The molecule has 1 aliphatic rings. The normalized spacial score (nSPS) is 15.6. The second-order valence-electron chi connectivity index (χ2n) is 8.92. The summed E-state index contributed by atoms with van der Waals surface area (Å²) in [6, 6.07) is 9.79. The van der Waals surface area contributed by atoms with Crippen LogP contribution in [0.5, 0.6) is 11.5 Å². The van der Waals surface area contributed by atoms with Gasteiger partial charge < -0.3 is 19.9 Å². The maximum atomic E-state index is 13.6. The minimum atomic E-state index is -2.96. The second-order valence-corrected chi connectivity index (χ2v) is 9.36. The van der Waals surface area contributed by atoms with Gasteiger partial charge in [-0.05, 0) is 30.3 Å². The van der Waals surface area contributed by atoms with Crippen molar-refractivity contribution in [2.24, 2.45) is 5.73 Å². The molecule has 1 aliphatic carbocycles. The average molecular weight is 546 g/mol. The van der Waals surface area contributed by atoms with Crippen molar-refractivity contribution in [2.75, 3.05) is 20.3 Å². The highest BCUT2D eigenvalue weighted by Crippen LogP contribution is 2.48. The smallest absolute Gasteiger partial charge is 0.320 e. The standard InChI is InChI=1S/C25H22ClF2N5O5/c1-36-21-7-17(3-5-20(21)37-13-24(38-22(34)8-29)11-25(27,28)12-24)32-14-31-33-10-15(6-19(33)23(32)35)18-4-2-16(26)9-30-18/h2-7,9-10,14H,8,11-13,29H2,1H3. The molecule has 13 heteroatoms. The Morgan fingerprint density at radius 2 is 1.97 bits per heavy atom. The molecule has 1 aromatic carbocycles. The van der Waals surface area contributed by atoms with Gasteiger partial charge in [0.15, 0.2) is 17.1 Å². The van der Waals surface area contributed by atoms with Crippen LogP contribution in [-0.2, 0) is 9.53 Å². The first-order valence-electron chi connectivity index (χ1n) is 11.4. The molecule has 38 heavy (non-hydrogen) atoms. The fraction of sp³-hybridized carbons (Fsp3) is 0.280. The van der Waals surface area contributed by atoms with E-state index >= 15 is 0 Å². The molecule has 0 atom stereocenters. The Morgan fingerprint density at radius 3 is 2.63 bits per heavy atom. The Labute approximate surface area is 219 Å². The number of aromatic nitrogens is 4. The number of hydrogen-bond acceptors (Lipinski definition) is 8. The summed E-state index contributed by atoms with van der Waals surface area (Å²) >= 11 is 5.91. The second kappa shape index (κ2) is 9.69. The molecule has 198 valence electrons. The summed E-state index contributed by atoms with van der Waals surface area (Å²) in [5, 5.41) is 4.82. The van der Waals surface area contributed by atoms with Crippen LogP contribution in [0.2, 0.25) is 5.02 Å². The number of esters is 1. The molecule has 5 rings (SSSR count). The number of nitrogens with zero attached hydrogens (tertiary/aromatic N) is 4. The van der Waals surface area contributed by atoms with Crippen LogP contribution in [0.3, 0.4) is 0 Å². The van der Waals surface area contributed by atoms with Gasteiger partial charge >= 0.3 is 5.97 Å². The SMILES string of the molecule is COc1cc(-n2cnn3cc(-c4ccc(Cl)cn4)cc3c2=O)ccc1OCC1(OC(=O)CN)CC(F)(F)C1. The molecule has 0 saturated heterocycles. The first-order valence-corrected chi connectivity index (χ1v) is 11.8. The van der Waals surface area contributed by atoms with Gasteiger partial charge in [0.25, 0.3) is 11.5 Å². The fourth-order valence-corrected chi connectivity index (χ4v) is 4.49. The van der Waals surface area contributed by atoms with E-state index in [1.54, 1.807) is 36.5 Å². The molecule has 4 aromatic rings. The van der Waals surface area contributed by atoms with Crippen molar-refractivity contribution in [1.82, 2.24) is 19.2 Å². The third-order valence-corrected chi connectivity index (χ3v) is 6.35. The van der Waals surface area contributed by atoms with Crippen molar-refractivity contribution in [3.05, 3.63) is 70.5 Å². The summed E-state index contributed by atoms with van der Waals surface area (Å²) in [4.78, 5) is 29.2. The number of ether oxygens (including phenoxy) is 3. The number of fused-ring (bicyclic) bond motifs is 1. The summed E-state index contributed by atoms with van der Waals surface area (Å²) in [5.74, 6) is -3.30. The molecule has 10 nitrogen and oxygen atoms in total. The minimum Gasteiger partial charge on any atom is -0.493 e. The van der Waals surface area contributed by atoms with Gasteiger partial charge in [0.05, 0.1) is 42.9 Å². The quantitative estimate of drug-likeness (QED) is 0.335. The highest BCUT2D eigenvalue weighted by atomic mass is 35.5. The van der Waals surface area contributed by atoms with Gasteiger partial charge in [0.1, 0.15) is 18.5 Å². The van der Waals surface area contributed by atoms with Gasteiger partial charge in [0, 0.05) is 24.0 Å². The lowest BCUT2D eigenvalue weighted by Gasteiger charge is -2.45. The van der Waals surface area contributed by atoms with Crippen LogP contribution < -0.4 is 20.8 Å². The lowest BCUT2D eigenvalue weighted by atomic mass is 9.77. The van der Waals surface area contributed by atoms with Crippen LogP contribution in [0, 0.1) is 0 Å². The third-order valence-electron chi connectivity index (χ3n) is 6.13. The summed E-state index contributed by atoms with van der Waals surface area (Å²) in [7, 11) is 1.40. The molecular weight excluding hydrogens is 524 g/mol. The van der Waals surface area contributed by atoms with E-state index in [0.29, 0.717) is 27.5 Å². The largest absolute Gasteiger partial charge is 0.493 e.